The largest absolute Gasteiger partial charge is 0.506 e. The van der Waals surface area contributed by atoms with Gasteiger partial charge in [-0.2, -0.15) is 0 Å². The molecule has 1 N–H and O–H groups in total. The van der Waals surface area contributed by atoms with Gasteiger partial charge in [-0.05, 0) is 30.3 Å². The number of aromatic nitrogens is 1. The highest BCUT2D eigenvalue weighted by molar-refractivity contribution is 6.32. The van der Waals surface area contributed by atoms with Crippen LogP contribution in [0.4, 0.5) is 4.39 Å². The number of benzene rings is 1. The summed E-state index contributed by atoms with van der Waals surface area (Å²) < 4.78 is 12.6. The van der Waals surface area contributed by atoms with Crippen molar-refractivity contribution in [2.75, 3.05) is 0 Å². The van der Waals surface area contributed by atoms with Crippen molar-refractivity contribution in [1.29, 1.82) is 0 Å². The van der Waals surface area contributed by atoms with Gasteiger partial charge < -0.3 is 5.11 Å². The molecule has 0 unspecified atom stereocenters. The maximum absolute atomic E-state index is 12.6. The summed E-state index contributed by atoms with van der Waals surface area (Å²) in [4.78, 5) is 3.90. The van der Waals surface area contributed by atoms with Gasteiger partial charge in [-0.3, -0.25) is 4.98 Å². The van der Waals surface area contributed by atoms with Crippen molar-refractivity contribution in [2.24, 2.45) is 0 Å². The van der Waals surface area contributed by atoms with Crippen molar-refractivity contribution < 1.29 is 9.50 Å². The first-order chi connectivity index (χ1) is 7.16. The lowest BCUT2D eigenvalue weighted by molar-refractivity contribution is 0.475. The molecule has 76 valence electrons. The SMILES string of the molecule is Oc1ccc(-c2ccc(F)cn2)cc1Cl. The Balaban J connectivity index is 2.45. The quantitative estimate of drug-likeness (QED) is 0.805. The summed E-state index contributed by atoms with van der Waals surface area (Å²) in [5, 5.41) is 9.47. The second kappa shape index (κ2) is 3.87. The Labute approximate surface area is 91.0 Å². The van der Waals surface area contributed by atoms with Gasteiger partial charge in [0.15, 0.2) is 0 Å². The zero-order chi connectivity index (χ0) is 10.8. The third-order valence-corrected chi connectivity index (χ3v) is 2.27. The topological polar surface area (TPSA) is 33.1 Å². The molecule has 4 heteroatoms. The Morgan fingerprint density at radius 1 is 1.20 bits per heavy atom. The van der Waals surface area contributed by atoms with Gasteiger partial charge in [0, 0.05) is 5.56 Å². The van der Waals surface area contributed by atoms with Crippen LogP contribution in [0.3, 0.4) is 0 Å². The molecule has 0 saturated carbocycles. The number of halogens is 2. The van der Waals surface area contributed by atoms with Gasteiger partial charge in [0.2, 0.25) is 0 Å². The zero-order valence-corrected chi connectivity index (χ0v) is 8.37. The molecule has 2 rings (SSSR count). The lowest BCUT2D eigenvalue weighted by atomic mass is 10.1. The van der Waals surface area contributed by atoms with Crippen LogP contribution in [0, 0.1) is 5.82 Å². The molecule has 2 aromatic rings. The highest BCUT2D eigenvalue weighted by Gasteiger charge is 2.03. The minimum atomic E-state index is -0.386. The van der Waals surface area contributed by atoms with E-state index in [9.17, 15) is 9.50 Å². The second-order valence-corrected chi connectivity index (χ2v) is 3.44. The Bertz CT molecular complexity index is 484. The van der Waals surface area contributed by atoms with Crippen LogP contribution in [-0.2, 0) is 0 Å². The van der Waals surface area contributed by atoms with Crippen molar-refractivity contribution in [3.05, 3.63) is 47.4 Å². The van der Waals surface area contributed by atoms with Crippen LogP contribution in [0.2, 0.25) is 5.02 Å². The molecule has 2 nitrogen and oxygen atoms in total. The molecule has 0 amide bonds. The monoisotopic (exact) mass is 223 g/mol. The lowest BCUT2D eigenvalue weighted by Gasteiger charge is -2.02. The summed E-state index contributed by atoms with van der Waals surface area (Å²) in [6.07, 6.45) is 1.14. The van der Waals surface area contributed by atoms with E-state index >= 15 is 0 Å². The fraction of sp³-hybridized carbons (Fsp3) is 0. The molecular formula is C11H7ClFNO. The molecule has 0 aliphatic rings. The number of pyridine rings is 1. The number of rotatable bonds is 1. The Hall–Kier alpha value is -1.61. The number of phenols is 1. The minimum absolute atomic E-state index is 0.0162. The van der Waals surface area contributed by atoms with Gasteiger partial charge in [-0.15, -0.1) is 0 Å². The number of hydrogen-bond acceptors (Lipinski definition) is 2. The number of hydrogen-bond donors (Lipinski definition) is 1. The Morgan fingerprint density at radius 2 is 2.00 bits per heavy atom. The molecule has 0 fully saturated rings. The van der Waals surface area contributed by atoms with E-state index < -0.39 is 0 Å². The van der Waals surface area contributed by atoms with E-state index in [1.165, 1.54) is 12.1 Å². The van der Waals surface area contributed by atoms with E-state index in [1.807, 2.05) is 0 Å². The zero-order valence-electron chi connectivity index (χ0n) is 7.61. The van der Waals surface area contributed by atoms with Gasteiger partial charge in [-0.25, -0.2) is 4.39 Å². The molecule has 1 heterocycles. The fourth-order valence-corrected chi connectivity index (χ4v) is 1.39. The summed E-state index contributed by atoms with van der Waals surface area (Å²) in [5.74, 6) is -0.369. The van der Waals surface area contributed by atoms with E-state index in [2.05, 4.69) is 4.98 Å². The first kappa shape index (κ1) is 9.93. The summed E-state index contributed by atoms with van der Waals surface area (Å²) in [6.45, 7) is 0. The van der Waals surface area contributed by atoms with E-state index in [-0.39, 0.29) is 16.6 Å². The molecule has 0 atom stereocenters. The van der Waals surface area contributed by atoms with Gasteiger partial charge in [0.25, 0.3) is 0 Å². The maximum atomic E-state index is 12.6. The van der Waals surface area contributed by atoms with E-state index in [1.54, 1.807) is 18.2 Å². The standard InChI is InChI=1S/C11H7ClFNO/c12-9-5-7(1-4-11(9)15)10-3-2-8(13)6-14-10/h1-6,15H. The molecule has 0 saturated heterocycles. The molecule has 15 heavy (non-hydrogen) atoms. The highest BCUT2D eigenvalue weighted by Crippen LogP contribution is 2.28. The highest BCUT2D eigenvalue weighted by atomic mass is 35.5. The van der Waals surface area contributed by atoms with Crippen LogP contribution in [0.1, 0.15) is 0 Å². The third kappa shape index (κ3) is 2.07. The van der Waals surface area contributed by atoms with Crippen LogP contribution < -0.4 is 0 Å². The summed E-state index contributed by atoms with van der Waals surface area (Å²) >= 11 is 5.74. The van der Waals surface area contributed by atoms with Gasteiger partial charge in [0.05, 0.1) is 16.9 Å². The number of nitrogens with zero attached hydrogens (tertiary/aromatic N) is 1. The molecule has 1 aromatic carbocycles. The molecule has 0 bridgehead atoms. The summed E-state index contributed by atoms with van der Waals surface area (Å²) in [6, 6.07) is 7.60. The normalized spacial score (nSPS) is 10.3. The lowest BCUT2D eigenvalue weighted by Crippen LogP contribution is -1.84. The first-order valence-corrected chi connectivity index (χ1v) is 4.65. The van der Waals surface area contributed by atoms with Crippen LogP contribution in [0.5, 0.6) is 5.75 Å². The van der Waals surface area contributed by atoms with E-state index in [4.69, 9.17) is 11.6 Å². The van der Waals surface area contributed by atoms with E-state index in [0.717, 1.165) is 11.8 Å². The predicted molar refractivity (Wildman–Crippen MR) is 56.3 cm³/mol. The molecule has 0 radical (unpaired) electrons. The van der Waals surface area contributed by atoms with Gasteiger partial charge >= 0.3 is 0 Å². The third-order valence-electron chi connectivity index (χ3n) is 1.97. The fourth-order valence-electron chi connectivity index (χ4n) is 1.21. The van der Waals surface area contributed by atoms with Crippen LogP contribution in [-0.4, -0.2) is 10.1 Å². The smallest absolute Gasteiger partial charge is 0.141 e. The Kier molecular flexibility index (Phi) is 2.56. The van der Waals surface area contributed by atoms with Crippen LogP contribution in [0.15, 0.2) is 36.5 Å². The number of phenolic OH excluding ortho intramolecular Hbond substituents is 1. The van der Waals surface area contributed by atoms with Crippen molar-refractivity contribution in [3.8, 4) is 17.0 Å². The summed E-state index contributed by atoms with van der Waals surface area (Å²) in [5.41, 5.74) is 1.34. The minimum Gasteiger partial charge on any atom is -0.506 e. The molecule has 1 aromatic heterocycles. The maximum Gasteiger partial charge on any atom is 0.141 e. The first-order valence-electron chi connectivity index (χ1n) is 4.27. The predicted octanol–water partition coefficient (Wildman–Crippen LogP) is 3.25. The average Bonchev–Trinajstić information content (AvgIpc) is 2.23. The van der Waals surface area contributed by atoms with Crippen molar-refractivity contribution in [1.82, 2.24) is 4.98 Å². The second-order valence-electron chi connectivity index (χ2n) is 3.03. The summed E-state index contributed by atoms with van der Waals surface area (Å²) in [7, 11) is 0. The van der Waals surface area contributed by atoms with Gasteiger partial charge in [-0.1, -0.05) is 11.6 Å². The van der Waals surface area contributed by atoms with Crippen LogP contribution >= 0.6 is 11.6 Å². The number of aromatic hydroxyl groups is 1. The van der Waals surface area contributed by atoms with E-state index in [0.29, 0.717) is 5.69 Å². The molecular weight excluding hydrogens is 217 g/mol. The van der Waals surface area contributed by atoms with Gasteiger partial charge in [0.1, 0.15) is 11.6 Å². The molecule has 0 aliphatic carbocycles. The van der Waals surface area contributed by atoms with Crippen molar-refractivity contribution >= 4 is 11.6 Å². The molecule has 0 spiro atoms. The van der Waals surface area contributed by atoms with Crippen molar-refractivity contribution in [2.45, 2.75) is 0 Å². The van der Waals surface area contributed by atoms with Crippen LogP contribution in [0.25, 0.3) is 11.3 Å². The average molecular weight is 224 g/mol. The Morgan fingerprint density at radius 3 is 2.60 bits per heavy atom. The molecule has 0 aliphatic heterocycles. The van der Waals surface area contributed by atoms with Crippen molar-refractivity contribution in [3.63, 3.8) is 0 Å².